The number of nitrogens with one attached hydrogen (secondary N) is 2. The van der Waals surface area contributed by atoms with E-state index in [9.17, 15) is 9.65 Å². The van der Waals surface area contributed by atoms with Crippen LogP contribution in [0.4, 0.5) is 15.2 Å². The number of aryl methyl sites for hydroxylation is 2. The van der Waals surface area contributed by atoms with Crippen molar-refractivity contribution < 1.29 is 4.39 Å². The maximum Gasteiger partial charge on any atom is 0.183 e. The van der Waals surface area contributed by atoms with Crippen molar-refractivity contribution >= 4 is 27.8 Å². The third-order valence-corrected chi connectivity index (χ3v) is 7.09. The number of piperazine rings is 1. The van der Waals surface area contributed by atoms with Crippen molar-refractivity contribution in [3.63, 3.8) is 0 Å². The normalized spacial score (nSPS) is 13.9. The van der Waals surface area contributed by atoms with Crippen molar-refractivity contribution in [2.45, 2.75) is 26.8 Å². The van der Waals surface area contributed by atoms with E-state index in [4.69, 9.17) is 9.97 Å². The van der Waals surface area contributed by atoms with Gasteiger partial charge < -0.3 is 15.5 Å². The molecule has 0 radical (unpaired) electrons. The van der Waals surface area contributed by atoms with Crippen molar-refractivity contribution in [1.82, 2.24) is 19.7 Å². The third-order valence-electron chi connectivity index (χ3n) is 6.16. The maximum atomic E-state index is 13.6. The molecule has 1 aliphatic rings. The van der Waals surface area contributed by atoms with Crippen molar-refractivity contribution in [3.05, 3.63) is 64.2 Å². The van der Waals surface area contributed by atoms with Gasteiger partial charge in [-0.1, -0.05) is 6.92 Å². The second kappa shape index (κ2) is 9.41. The van der Waals surface area contributed by atoms with E-state index in [0.29, 0.717) is 17.8 Å². The lowest BCUT2D eigenvalue weighted by atomic mass is 10.0. The Morgan fingerprint density at radius 2 is 2.03 bits per heavy atom. The van der Waals surface area contributed by atoms with Crippen molar-refractivity contribution in [1.29, 1.82) is 5.26 Å². The van der Waals surface area contributed by atoms with E-state index in [0.717, 1.165) is 59.6 Å². The summed E-state index contributed by atoms with van der Waals surface area (Å²) in [5.41, 5.74) is 5.95. The van der Waals surface area contributed by atoms with Crippen LogP contribution in [0.25, 0.3) is 16.9 Å². The Hall–Kier alpha value is -3.48. The van der Waals surface area contributed by atoms with E-state index >= 15 is 0 Å². The summed E-state index contributed by atoms with van der Waals surface area (Å²) in [6.07, 6.45) is 3.02. The molecule has 1 fully saturated rings. The molecule has 4 aromatic rings. The van der Waals surface area contributed by atoms with E-state index in [-0.39, 0.29) is 5.56 Å². The van der Waals surface area contributed by atoms with Gasteiger partial charge in [-0.3, -0.25) is 4.40 Å². The monoisotopic (exact) mass is 475 g/mol. The van der Waals surface area contributed by atoms with Crippen LogP contribution in [-0.2, 0) is 13.0 Å². The molecule has 34 heavy (non-hydrogen) atoms. The minimum atomic E-state index is -0.425. The lowest BCUT2D eigenvalue weighted by molar-refractivity contribution is 0.588. The lowest BCUT2D eigenvalue weighted by Crippen LogP contribution is -2.43. The number of nitriles is 1. The zero-order valence-corrected chi connectivity index (χ0v) is 20.0. The van der Waals surface area contributed by atoms with Crippen LogP contribution in [0, 0.1) is 24.1 Å². The van der Waals surface area contributed by atoms with Gasteiger partial charge in [0.15, 0.2) is 5.13 Å². The van der Waals surface area contributed by atoms with Gasteiger partial charge in [-0.15, -0.1) is 11.3 Å². The number of thiazole rings is 1. The Labute approximate surface area is 201 Å². The Morgan fingerprint density at radius 1 is 1.21 bits per heavy atom. The standard InChI is InChI=1S/C25H26FN7S/c1-3-21-22(33-15-19(5-7-23(33)30-21)32-10-8-28-9-11-32)14-29-25-31-24(16(2)34-25)20-6-4-18(26)12-17(20)13-27/h4-7,12,15,28H,3,8-11,14H2,1-2H3,(H,29,31). The molecule has 0 atom stereocenters. The Morgan fingerprint density at radius 3 is 2.79 bits per heavy atom. The van der Waals surface area contributed by atoms with Crippen LogP contribution >= 0.6 is 11.3 Å². The number of rotatable bonds is 6. The van der Waals surface area contributed by atoms with Crippen LogP contribution in [0.3, 0.4) is 0 Å². The number of fused-ring (bicyclic) bond motifs is 1. The van der Waals surface area contributed by atoms with E-state index < -0.39 is 5.82 Å². The summed E-state index contributed by atoms with van der Waals surface area (Å²) < 4.78 is 15.8. The lowest BCUT2D eigenvalue weighted by Gasteiger charge is -2.29. The summed E-state index contributed by atoms with van der Waals surface area (Å²) in [6, 6.07) is 10.6. The summed E-state index contributed by atoms with van der Waals surface area (Å²) in [5, 5.41) is 17.1. The van der Waals surface area contributed by atoms with Crippen LogP contribution in [0.5, 0.6) is 0 Å². The van der Waals surface area contributed by atoms with Crippen molar-refractivity contribution in [2.75, 3.05) is 36.4 Å². The number of hydrogen-bond acceptors (Lipinski definition) is 7. The highest BCUT2D eigenvalue weighted by molar-refractivity contribution is 7.16. The fourth-order valence-corrected chi connectivity index (χ4v) is 5.23. The van der Waals surface area contributed by atoms with Gasteiger partial charge in [-0.25, -0.2) is 14.4 Å². The SMILES string of the molecule is CCc1nc2ccc(N3CCNCC3)cn2c1CNc1nc(-c2ccc(F)cc2C#N)c(C)s1. The molecular formula is C25H26FN7S. The summed E-state index contributed by atoms with van der Waals surface area (Å²) in [7, 11) is 0. The average molecular weight is 476 g/mol. The predicted octanol–water partition coefficient (Wildman–Crippen LogP) is 4.36. The molecule has 1 aromatic carbocycles. The molecular weight excluding hydrogens is 449 g/mol. The largest absolute Gasteiger partial charge is 0.368 e. The van der Waals surface area contributed by atoms with Crippen molar-refractivity contribution in [2.24, 2.45) is 0 Å². The quantitative estimate of drug-likeness (QED) is 0.431. The van der Waals surface area contributed by atoms with Gasteiger partial charge in [-0.2, -0.15) is 5.26 Å². The first-order valence-corrected chi connectivity index (χ1v) is 12.3. The number of pyridine rings is 1. The van der Waals surface area contributed by atoms with Crippen LogP contribution in [-0.4, -0.2) is 40.5 Å². The van der Waals surface area contributed by atoms with E-state index in [2.05, 4.69) is 51.3 Å². The number of hydrogen-bond donors (Lipinski definition) is 2. The molecule has 0 saturated carbocycles. The molecule has 5 rings (SSSR count). The summed E-state index contributed by atoms with van der Waals surface area (Å²) in [4.78, 5) is 12.9. The first kappa shape index (κ1) is 22.3. The molecule has 0 amide bonds. The Balaban J connectivity index is 1.43. The second-order valence-electron chi connectivity index (χ2n) is 8.29. The van der Waals surface area contributed by atoms with Gasteiger partial charge in [-0.05, 0) is 43.7 Å². The third kappa shape index (κ3) is 4.22. The molecule has 1 saturated heterocycles. The number of halogens is 1. The minimum Gasteiger partial charge on any atom is -0.368 e. The van der Waals surface area contributed by atoms with E-state index in [1.807, 2.05) is 6.92 Å². The van der Waals surface area contributed by atoms with E-state index in [1.165, 1.54) is 29.2 Å². The van der Waals surface area contributed by atoms with Gasteiger partial charge in [0.1, 0.15) is 11.5 Å². The highest BCUT2D eigenvalue weighted by atomic mass is 32.1. The van der Waals surface area contributed by atoms with Crippen LogP contribution in [0.1, 0.15) is 28.8 Å². The average Bonchev–Trinajstić information content (AvgIpc) is 3.42. The van der Waals surface area contributed by atoms with Gasteiger partial charge in [0.2, 0.25) is 0 Å². The zero-order valence-electron chi connectivity index (χ0n) is 19.2. The molecule has 2 N–H and O–H groups in total. The van der Waals surface area contributed by atoms with Gasteiger partial charge in [0.25, 0.3) is 0 Å². The number of aromatic nitrogens is 3. The molecule has 7 nitrogen and oxygen atoms in total. The highest BCUT2D eigenvalue weighted by Gasteiger charge is 2.17. The number of anilines is 2. The molecule has 0 bridgehead atoms. The number of imidazole rings is 1. The first-order chi connectivity index (χ1) is 16.6. The van der Waals surface area contributed by atoms with Crippen LogP contribution in [0.2, 0.25) is 0 Å². The van der Waals surface area contributed by atoms with Crippen molar-refractivity contribution in [3.8, 4) is 17.3 Å². The first-order valence-electron chi connectivity index (χ1n) is 11.4. The molecule has 1 aliphatic heterocycles. The molecule has 174 valence electrons. The van der Waals surface area contributed by atoms with Crippen LogP contribution < -0.4 is 15.5 Å². The topological polar surface area (TPSA) is 81.3 Å². The summed E-state index contributed by atoms with van der Waals surface area (Å²) in [5.74, 6) is -0.425. The zero-order chi connectivity index (χ0) is 23.7. The van der Waals surface area contributed by atoms with Crippen LogP contribution in [0.15, 0.2) is 36.5 Å². The molecule has 0 aliphatic carbocycles. The molecule has 9 heteroatoms. The number of benzene rings is 1. The van der Waals surface area contributed by atoms with Gasteiger partial charge in [0, 0.05) is 42.8 Å². The smallest absolute Gasteiger partial charge is 0.183 e. The molecule has 3 aromatic heterocycles. The van der Waals surface area contributed by atoms with Gasteiger partial charge >= 0.3 is 0 Å². The fourth-order valence-electron chi connectivity index (χ4n) is 4.41. The summed E-state index contributed by atoms with van der Waals surface area (Å²) >= 11 is 1.53. The molecule has 0 unspecified atom stereocenters. The van der Waals surface area contributed by atoms with Gasteiger partial charge in [0.05, 0.1) is 40.9 Å². The summed E-state index contributed by atoms with van der Waals surface area (Å²) in [6.45, 7) is 8.62. The maximum absolute atomic E-state index is 13.6. The predicted molar refractivity (Wildman–Crippen MR) is 134 cm³/mol. The number of nitrogens with zero attached hydrogens (tertiary/aromatic N) is 5. The Bertz CT molecular complexity index is 1380. The fraction of sp³-hybridized carbons (Fsp3) is 0.320. The molecule has 4 heterocycles. The highest BCUT2D eigenvalue weighted by Crippen LogP contribution is 2.33. The second-order valence-corrected chi connectivity index (χ2v) is 9.49. The Kier molecular flexibility index (Phi) is 6.18. The molecule has 0 spiro atoms. The van der Waals surface area contributed by atoms with E-state index in [1.54, 1.807) is 6.07 Å². The minimum absolute atomic E-state index is 0.287.